The number of nitrogens with zero attached hydrogens (tertiary/aromatic N) is 4. The number of thioether (sulfide) groups is 1. The molecule has 6 rings (SSSR count). The molecule has 2 heterocycles. The van der Waals surface area contributed by atoms with Crippen LogP contribution in [0, 0.1) is 0 Å². The summed E-state index contributed by atoms with van der Waals surface area (Å²) in [7, 11) is 0. The molecule has 3 aromatic carbocycles. The van der Waals surface area contributed by atoms with Gasteiger partial charge in [-0.25, -0.2) is 0 Å². The average molecular weight is 610 g/mol. The molecular weight excluding hydrogens is 575 g/mol. The van der Waals surface area contributed by atoms with Crippen LogP contribution in [0.15, 0.2) is 65.8 Å². The number of rotatable bonds is 8. The van der Waals surface area contributed by atoms with Crippen LogP contribution < -0.4 is 10.2 Å². The van der Waals surface area contributed by atoms with Crippen molar-refractivity contribution in [2.45, 2.75) is 55.9 Å². The van der Waals surface area contributed by atoms with Gasteiger partial charge >= 0.3 is 6.18 Å². The molecule has 0 atom stereocenters. The summed E-state index contributed by atoms with van der Waals surface area (Å²) >= 11 is 1.28. The number of nitrogens with one attached hydrogen (secondary N) is 1. The number of carbonyl (C=O) groups is 1. The van der Waals surface area contributed by atoms with E-state index in [1.165, 1.54) is 35.0 Å². The van der Waals surface area contributed by atoms with Gasteiger partial charge < -0.3 is 19.5 Å². The van der Waals surface area contributed by atoms with Crippen LogP contribution in [0.3, 0.4) is 0 Å². The van der Waals surface area contributed by atoms with Crippen LogP contribution in [0.1, 0.15) is 55.1 Å². The number of alkyl halides is 3. The minimum Gasteiger partial charge on any atom is -0.378 e. The van der Waals surface area contributed by atoms with Crippen molar-refractivity contribution in [2.75, 3.05) is 42.3 Å². The topological polar surface area (TPSA) is 72.3 Å². The van der Waals surface area contributed by atoms with Gasteiger partial charge in [0, 0.05) is 25.6 Å². The van der Waals surface area contributed by atoms with E-state index in [1.54, 1.807) is 0 Å². The minimum absolute atomic E-state index is 0.00207. The number of benzene rings is 3. The predicted molar refractivity (Wildman–Crippen MR) is 163 cm³/mol. The highest BCUT2D eigenvalue weighted by molar-refractivity contribution is 7.99. The van der Waals surface area contributed by atoms with Crippen molar-refractivity contribution in [2.24, 2.45) is 0 Å². The van der Waals surface area contributed by atoms with Crippen molar-refractivity contribution >= 4 is 39.8 Å². The molecule has 0 unspecified atom stereocenters. The molecule has 1 amide bonds. The van der Waals surface area contributed by atoms with Gasteiger partial charge in [0.25, 0.3) is 0 Å². The molecule has 1 saturated heterocycles. The van der Waals surface area contributed by atoms with Crippen molar-refractivity contribution in [3.05, 3.63) is 77.6 Å². The maximum Gasteiger partial charge on any atom is 0.416 e. The van der Waals surface area contributed by atoms with Gasteiger partial charge in [-0.1, -0.05) is 73.5 Å². The number of morpholine rings is 1. The monoisotopic (exact) mass is 609 g/mol. The molecule has 43 heavy (non-hydrogen) atoms. The number of hydrogen-bond donors (Lipinski definition) is 1. The Bertz CT molecular complexity index is 1570. The van der Waals surface area contributed by atoms with E-state index in [2.05, 4.69) is 50.4 Å². The molecule has 2 fully saturated rings. The quantitative estimate of drug-likeness (QED) is 0.215. The zero-order valence-electron chi connectivity index (χ0n) is 23.8. The molecular formula is C32H34F3N5O2S. The first kappa shape index (κ1) is 29.5. The molecule has 7 nitrogen and oxygen atoms in total. The lowest BCUT2D eigenvalue weighted by molar-refractivity contribution is -0.137. The molecule has 0 spiro atoms. The van der Waals surface area contributed by atoms with E-state index in [1.807, 2.05) is 17.0 Å². The van der Waals surface area contributed by atoms with E-state index < -0.39 is 17.6 Å². The van der Waals surface area contributed by atoms with E-state index in [0.717, 1.165) is 49.2 Å². The van der Waals surface area contributed by atoms with Gasteiger partial charge in [-0.2, -0.15) is 13.2 Å². The first-order valence-corrected chi connectivity index (χ1v) is 15.7. The molecule has 2 aliphatic rings. The van der Waals surface area contributed by atoms with Crippen LogP contribution in [0.2, 0.25) is 0 Å². The molecule has 1 saturated carbocycles. The summed E-state index contributed by atoms with van der Waals surface area (Å²) in [6.07, 6.45) is 1.59. The maximum absolute atomic E-state index is 13.5. The van der Waals surface area contributed by atoms with Crippen molar-refractivity contribution < 1.29 is 22.7 Å². The molecule has 1 aromatic heterocycles. The lowest BCUT2D eigenvalue weighted by atomic mass is 9.95. The van der Waals surface area contributed by atoms with Crippen molar-refractivity contribution in [3.63, 3.8) is 0 Å². The highest BCUT2D eigenvalue weighted by Gasteiger charge is 2.32. The molecule has 1 aliphatic heterocycles. The van der Waals surface area contributed by atoms with Crippen LogP contribution >= 0.6 is 11.8 Å². The van der Waals surface area contributed by atoms with Crippen LogP contribution in [0.25, 0.3) is 10.8 Å². The number of ether oxygens (including phenoxy) is 1. The Balaban J connectivity index is 1.23. The Kier molecular flexibility index (Phi) is 8.90. The van der Waals surface area contributed by atoms with E-state index >= 15 is 0 Å². The Morgan fingerprint density at radius 3 is 2.53 bits per heavy atom. The summed E-state index contributed by atoms with van der Waals surface area (Å²) in [6.45, 7) is 2.02. The van der Waals surface area contributed by atoms with Crippen LogP contribution in [-0.4, -0.2) is 52.7 Å². The second-order valence-electron chi connectivity index (χ2n) is 11.0. The second kappa shape index (κ2) is 13.0. The zero-order valence-corrected chi connectivity index (χ0v) is 24.6. The number of halogens is 3. The van der Waals surface area contributed by atoms with Crippen LogP contribution in [0.5, 0.6) is 0 Å². The van der Waals surface area contributed by atoms with Crippen molar-refractivity contribution in [1.29, 1.82) is 0 Å². The fourth-order valence-corrected chi connectivity index (χ4v) is 6.88. The molecule has 4 aromatic rings. The zero-order chi connectivity index (χ0) is 29.8. The predicted octanol–water partition coefficient (Wildman–Crippen LogP) is 7.11. The maximum atomic E-state index is 13.5. The molecule has 0 radical (unpaired) electrons. The standard InChI is InChI=1S/C32H34F3N5O2S/c33-32(34,35)24-13-14-28(39-15-17-42-18-16-39)27(20-24)36-30(41)21-43-31-38-37-29(40(31)25-10-2-1-3-11-25)19-23-9-6-8-22-7-4-5-12-26(22)23/h4-9,12-14,20,25H,1-3,10-11,15-19,21H2,(H,36,41). The lowest BCUT2D eigenvalue weighted by Crippen LogP contribution is -2.37. The smallest absolute Gasteiger partial charge is 0.378 e. The SMILES string of the molecule is O=C(CSc1nnc(Cc2cccc3ccccc23)n1C1CCCCC1)Nc1cc(C(F)(F)F)ccc1N1CCOCC1. The van der Waals surface area contributed by atoms with Gasteiger partial charge in [-0.05, 0) is 47.4 Å². The van der Waals surface area contributed by atoms with Gasteiger partial charge in [0.05, 0.1) is 35.9 Å². The highest BCUT2D eigenvalue weighted by atomic mass is 32.2. The molecule has 1 aliphatic carbocycles. The molecule has 11 heteroatoms. The summed E-state index contributed by atoms with van der Waals surface area (Å²) in [5.41, 5.74) is 1.06. The summed E-state index contributed by atoms with van der Waals surface area (Å²) < 4.78 is 48.2. The minimum atomic E-state index is -4.52. The first-order chi connectivity index (χ1) is 20.9. The third-order valence-corrected chi connectivity index (χ3v) is 9.13. The number of fused-ring (bicyclic) bond motifs is 1. The van der Waals surface area contributed by atoms with E-state index in [9.17, 15) is 18.0 Å². The number of hydrogen-bond acceptors (Lipinski definition) is 6. The fourth-order valence-electron chi connectivity index (χ4n) is 6.06. The second-order valence-corrected chi connectivity index (χ2v) is 12.0. The third-order valence-electron chi connectivity index (χ3n) is 8.19. The normalized spacial score (nSPS) is 16.5. The summed E-state index contributed by atoms with van der Waals surface area (Å²) in [5.74, 6) is 0.462. The first-order valence-electron chi connectivity index (χ1n) is 14.7. The van der Waals surface area contributed by atoms with Gasteiger partial charge in [0.1, 0.15) is 5.82 Å². The Morgan fingerprint density at radius 2 is 1.74 bits per heavy atom. The van der Waals surface area contributed by atoms with Crippen molar-refractivity contribution in [3.8, 4) is 0 Å². The summed E-state index contributed by atoms with van der Waals surface area (Å²) in [4.78, 5) is 15.1. The number of carbonyl (C=O) groups excluding carboxylic acids is 1. The van der Waals surface area contributed by atoms with E-state index in [-0.39, 0.29) is 17.5 Å². The largest absolute Gasteiger partial charge is 0.416 e. The Hall–Kier alpha value is -3.57. The fraction of sp³-hybridized carbons (Fsp3) is 0.406. The van der Waals surface area contributed by atoms with Crippen LogP contribution in [0.4, 0.5) is 24.5 Å². The van der Waals surface area contributed by atoms with Gasteiger partial charge in [0.15, 0.2) is 5.16 Å². The third kappa shape index (κ3) is 6.83. The Morgan fingerprint density at radius 1 is 0.977 bits per heavy atom. The summed E-state index contributed by atoms with van der Waals surface area (Å²) in [5, 5.41) is 14.9. The van der Waals surface area contributed by atoms with Gasteiger partial charge in [0.2, 0.25) is 5.91 Å². The number of anilines is 2. The molecule has 0 bridgehead atoms. The lowest BCUT2D eigenvalue weighted by Gasteiger charge is -2.31. The van der Waals surface area contributed by atoms with E-state index in [0.29, 0.717) is 43.6 Å². The molecule has 1 N–H and O–H groups in total. The number of amides is 1. The average Bonchev–Trinajstić information content (AvgIpc) is 3.43. The van der Waals surface area contributed by atoms with E-state index in [4.69, 9.17) is 4.74 Å². The highest BCUT2D eigenvalue weighted by Crippen LogP contribution is 2.37. The number of aromatic nitrogens is 3. The Labute approximate surface area is 252 Å². The van der Waals surface area contributed by atoms with Crippen LogP contribution in [-0.2, 0) is 22.1 Å². The van der Waals surface area contributed by atoms with Gasteiger partial charge in [-0.15, -0.1) is 10.2 Å². The van der Waals surface area contributed by atoms with Gasteiger partial charge in [-0.3, -0.25) is 4.79 Å². The molecule has 226 valence electrons. The van der Waals surface area contributed by atoms with Crippen molar-refractivity contribution in [1.82, 2.24) is 14.8 Å². The summed E-state index contributed by atoms with van der Waals surface area (Å²) in [6, 6.07) is 18.3.